The Kier molecular flexibility index (Phi) is 7.63. The van der Waals surface area contributed by atoms with Crippen molar-refractivity contribution in [1.82, 2.24) is 9.69 Å². The maximum atomic E-state index is 13.9. The number of nitrogens with two attached hydrogens (primary N) is 2. The smallest absolute Gasteiger partial charge is 0.273 e. The van der Waals surface area contributed by atoms with Gasteiger partial charge in [0.25, 0.3) is 11.8 Å². The minimum Gasteiger partial charge on any atom is -0.497 e. The molecule has 0 bridgehead atoms. The van der Waals surface area contributed by atoms with E-state index < -0.39 is 17.9 Å². The third kappa shape index (κ3) is 5.29. The SMILES string of the molecule is COc1cccc(N(C(=O)c2snc(C(N)=O)c2N)[C@@H](C(=O)NC[C@H]2CCCO2)c2cccs2)c1. The molecule has 1 saturated heterocycles. The second-order valence-corrected chi connectivity index (χ2v) is 9.57. The number of primary amides is 1. The number of hydrogen-bond donors (Lipinski definition) is 3. The van der Waals surface area contributed by atoms with Gasteiger partial charge in [-0.3, -0.25) is 19.3 Å². The summed E-state index contributed by atoms with van der Waals surface area (Å²) in [5.41, 5.74) is 11.5. The largest absolute Gasteiger partial charge is 0.497 e. The number of hydrogen-bond acceptors (Lipinski definition) is 9. The van der Waals surface area contributed by atoms with Gasteiger partial charge in [0.05, 0.1) is 18.9 Å². The third-order valence-corrected chi connectivity index (χ3v) is 7.33. The van der Waals surface area contributed by atoms with Gasteiger partial charge in [-0.2, -0.15) is 4.37 Å². The van der Waals surface area contributed by atoms with Crippen LogP contribution >= 0.6 is 22.9 Å². The molecule has 1 aliphatic heterocycles. The predicted octanol–water partition coefficient (Wildman–Crippen LogP) is 2.58. The molecule has 0 aliphatic carbocycles. The summed E-state index contributed by atoms with van der Waals surface area (Å²) in [7, 11) is 1.51. The van der Waals surface area contributed by atoms with Gasteiger partial charge in [0.1, 0.15) is 10.6 Å². The van der Waals surface area contributed by atoms with Crippen molar-refractivity contribution in [2.75, 3.05) is 30.9 Å². The van der Waals surface area contributed by atoms with Gasteiger partial charge in [0.15, 0.2) is 11.7 Å². The normalized spacial score (nSPS) is 16.0. The molecular formula is C23H25N5O5S2. The Bertz CT molecular complexity index is 1210. The lowest BCUT2D eigenvalue weighted by Gasteiger charge is -2.30. The Morgan fingerprint density at radius 2 is 2.14 bits per heavy atom. The molecule has 1 aliphatic rings. The molecule has 1 fully saturated rings. The number of nitrogens with one attached hydrogen (secondary N) is 1. The highest BCUT2D eigenvalue weighted by Gasteiger charge is 2.37. The molecule has 3 aromatic rings. The molecule has 3 heterocycles. The number of ether oxygens (including phenoxy) is 2. The highest BCUT2D eigenvalue weighted by atomic mass is 32.1. The van der Waals surface area contributed by atoms with E-state index in [-0.39, 0.29) is 28.3 Å². The van der Waals surface area contributed by atoms with Gasteiger partial charge < -0.3 is 26.3 Å². The van der Waals surface area contributed by atoms with Crippen molar-refractivity contribution in [1.29, 1.82) is 0 Å². The van der Waals surface area contributed by atoms with E-state index in [0.717, 1.165) is 24.4 Å². The standard InChI is InChI=1S/C23H25N5O5S2/c1-32-14-6-2-5-13(11-14)28(23(31)20-17(24)18(21(25)29)27-35-20)19(16-8-4-10-34-16)22(30)26-12-15-7-3-9-33-15/h2,4-6,8,10-11,15,19H,3,7,9,12,24H2,1H3,(H2,25,29)(H,26,30)/t15-,19-/m1/s1. The number of methoxy groups -OCH3 is 1. The lowest BCUT2D eigenvalue weighted by Crippen LogP contribution is -2.45. The fraction of sp³-hybridized carbons (Fsp3) is 0.304. The van der Waals surface area contributed by atoms with Crippen LogP contribution in [-0.4, -0.2) is 48.5 Å². The number of nitrogens with zero attached hydrogens (tertiary/aromatic N) is 2. The lowest BCUT2D eigenvalue weighted by atomic mass is 10.1. The first-order valence-corrected chi connectivity index (χ1v) is 12.5. The van der Waals surface area contributed by atoms with Gasteiger partial charge in [0.2, 0.25) is 5.91 Å². The quantitative estimate of drug-likeness (QED) is 0.396. The molecule has 2 atom stereocenters. The van der Waals surface area contributed by atoms with Crippen LogP contribution in [0.15, 0.2) is 41.8 Å². The fourth-order valence-electron chi connectivity index (χ4n) is 3.82. The molecular weight excluding hydrogens is 490 g/mol. The topological polar surface area (TPSA) is 150 Å². The van der Waals surface area contributed by atoms with E-state index in [1.165, 1.54) is 23.3 Å². The van der Waals surface area contributed by atoms with E-state index in [1.807, 2.05) is 5.38 Å². The maximum absolute atomic E-state index is 13.9. The van der Waals surface area contributed by atoms with Crippen molar-refractivity contribution < 1.29 is 23.9 Å². The Balaban J connectivity index is 1.78. The monoisotopic (exact) mass is 515 g/mol. The number of nitrogen functional groups attached to an aromatic ring is 1. The molecule has 3 amide bonds. The van der Waals surface area contributed by atoms with Gasteiger partial charge in [-0.1, -0.05) is 12.1 Å². The van der Waals surface area contributed by atoms with Crippen molar-refractivity contribution in [3.63, 3.8) is 0 Å². The zero-order chi connectivity index (χ0) is 24.9. The van der Waals surface area contributed by atoms with E-state index in [2.05, 4.69) is 9.69 Å². The Labute approximate surface area is 210 Å². The first-order chi connectivity index (χ1) is 16.9. The molecule has 12 heteroatoms. The van der Waals surface area contributed by atoms with Gasteiger partial charge in [-0.25, -0.2) is 0 Å². The number of carbonyl (C=O) groups excluding carboxylic acids is 3. The van der Waals surface area contributed by atoms with Crippen molar-refractivity contribution in [2.24, 2.45) is 5.73 Å². The first-order valence-electron chi connectivity index (χ1n) is 10.9. The minimum absolute atomic E-state index is 0.00935. The number of rotatable bonds is 9. The summed E-state index contributed by atoms with van der Waals surface area (Å²) in [6.45, 7) is 0.992. The summed E-state index contributed by atoms with van der Waals surface area (Å²) in [6, 6.07) is 9.37. The van der Waals surface area contributed by atoms with Crippen LogP contribution in [0.4, 0.5) is 11.4 Å². The molecule has 0 spiro atoms. The van der Waals surface area contributed by atoms with Crippen LogP contribution in [0.1, 0.15) is 43.9 Å². The number of thiophene rings is 1. The van der Waals surface area contributed by atoms with Crippen molar-refractivity contribution in [3.8, 4) is 5.75 Å². The number of anilines is 2. The average Bonchev–Trinajstić information content (AvgIpc) is 3.63. The van der Waals surface area contributed by atoms with Crippen LogP contribution in [0.5, 0.6) is 5.75 Å². The highest BCUT2D eigenvalue weighted by molar-refractivity contribution is 7.10. The van der Waals surface area contributed by atoms with Crippen molar-refractivity contribution >= 4 is 52.0 Å². The summed E-state index contributed by atoms with van der Waals surface area (Å²) < 4.78 is 14.9. The number of carbonyl (C=O) groups is 3. The van der Waals surface area contributed by atoms with Crippen LogP contribution in [0, 0.1) is 0 Å². The van der Waals surface area contributed by atoms with Crippen LogP contribution < -0.4 is 26.4 Å². The third-order valence-electron chi connectivity index (χ3n) is 5.55. The molecule has 35 heavy (non-hydrogen) atoms. The Hall–Kier alpha value is -3.48. The van der Waals surface area contributed by atoms with Gasteiger partial charge in [-0.05, 0) is 48.0 Å². The zero-order valence-corrected chi connectivity index (χ0v) is 20.6. The molecule has 1 aromatic carbocycles. The molecule has 0 saturated carbocycles. The summed E-state index contributed by atoms with van der Waals surface area (Å²) in [5.74, 6) is -1.31. The van der Waals surface area contributed by atoms with E-state index in [0.29, 0.717) is 29.5 Å². The van der Waals surface area contributed by atoms with Gasteiger partial charge in [0, 0.05) is 29.8 Å². The van der Waals surface area contributed by atoms with Crippen molar-refractivity contribution in [2.45, 2.75) is 25.0 Å². The maximum Gasteiger partial charge on any atom is 0.273 e. The fourth-order valence-corrected chi connectivity index (χ4v) is 5.37. The molecule has 184 valence electrons. The Morgan fingerprint density at radius 1 is 1.31 bits per heavy atom. The number of benzene rings is 1. The second kappa shape index (κ2) is 10.8. The first kappa shape index (κ1) is 24.6. The van der Waals surface area contributed by atoms with Gasteiger partial charge >= 0.3 is 0 Å². The summed E-state index contributed by atoms with van der Waals surface area (Å²) in [5, 5.41) is 4.77. The molecule has 0 radical (unpaired) electrons. The predicted molar refractivity (Wildman–Crippen MR) is 134 cm³/mol. The molecule has 4 rings (SSSR count). The van der Waals surface area contributed by atoms with Crippen LogP contribution in [-0.2, 0) is 9.53 Å². The summed E-state index contributed by atoms with van der Waals surface area (Å²) >= 11 is 2.10. The molecule has 2 aromatic heterocycles. The van der Waals surface area contributed by atoms with E-state index in [9.17, 15) is 14.4 Å². The highest BCUT2D eigenvalue weighted by Crippen LogP contribution is 2.36. The van der Waals surface area contributed by atoms with Crippen LogP contribution in [0.2, 0.25) is 0 Å². The number of amides is 3. The second-order valence-electron chi connectivity index (χ2n) is 7.81. The minimum atomic E-state index is -1.02. The average molecular weight is 516 g/mol. The van der Waals surface area contributed by atoms with E-state index >= 15 is 0 Å². The molecule has 5 N–H and O–H groups in total. The van der Waals surface area contributed by atoms with Crippen LogP contribution in [0.25, 0.3) is 0 Å². The zero-order valence-electron chi connectivity index (χ0n) is 18.9. The number of aromatic nitrogens is 1. The Morgan fingerprint density at radius 3 is 2.77 bits per heavy atom. The van der Waals surface area contributed by atoms with Gasteiger partial charge in [-0.15, -0.1) is 11.3 Å². The van der Waals surface area contributed by atoms with E-state index in [4.69, 9.17) is 20.9 Å². The summed E-state index contributed by atoms with van der Waals surface area (Å²) in [4.78, 5) is 41.2. The lowest BCUT2D eigenvalue weighted by molar-refractivity contribution is -0.122. The molecule has 10 nitrogen and oxygen atoms in total. The van der Waals surface area contributed by atoms with Crippen LogP contribution in [0.3, 0.4) is 0 Å². The summed E-state index contributed by atoms with van der Waals surface area (Å²) in [6.07, 6.45) is 1.73. The van der Waals surface area contributed by atoms with E-state index in [1.54, 1.807) is 36.4 Å². The van der Waals surface area contributed by atoms with Crippen molar-refractivity contribution in [3.05, 3.63) is 57.2 Å². The molecule has 0 unspecified atom stereocenters.